The number of nitrogens with two attached hydrogens (primary N) is 1. The molecule has 0 fully saturated rings. The lowest BCUT2D eigenvalue weighted by molar-refractivity contribution is 0.279. The summed E-state index contributed by atoms with van der Waals surface area (Å²) in [4.78, 5) is 0. The number of hydrogen-bond acceptors (Lipinski definition) is 3. The van der Waals surface area contributed by atoms with Gasteiger partial charge < -0.3 is 15.6 Å². The van der Waals surface area contributed by atoms with Crippen LogP contribution < -0.4 is 10.5 Å². The van der Waals surface area contributed by atoms with Gasteiger partial charge in [0, 0.05) is 0 Å². The first kappa shape index (κ1) is 12.6. The molecule has 2 aromatic rings. The molecule has 0 aliphatic carbocycles. The van der Waals surface area contributed by atoms with Gasteiger partial charge in [-0.05, 0) is 23.3 Å². The van der Waals surface area contributed by atoms with Crippen molar-refractivity contribution in [3.63, 3.8) is 0 Å². The molecule has 0 saturated carbocycles. The van der Waals surface area contributed by atoms with E-state index in [2.05, 4.69) is 0 Å². The molecule has 0 aromatic heterocycles. The molecule has 0 aliphatic heterocycles. The fourth-order valence-electron chi connectivity index (χ4n) is 1.67. The highest BCUT2D eigenvalue weighted by atomic mass is 16.5. The minimum Gasteiger partial charge on any atom is -0.492 e. The van der Waals surface area contributed by atoms with Crippen molar-refractivity contribution in [2.75, 3.05) is 6.61 Å². The van der Waals surface area contributed by atoms with Crippen LogP contribution in [0.3, 0.4) is 0 Å². The van der Waals surface area contributed by atoms with E-state index in [0.717, 1.165) is 16.9 Å². The maximum Gasteiger partial charge on any atom is 0.119 e. The predicted octanol–water partition coefficient (Wildman–Crippen LogP) is 2.26. The molecule has 0 bridgehead atoms. The second kappa shape index (κ2) is 6.19. The number of aliphatic hydroxyl groups excluding tert-OH is 1. The van der Waals surface area contributed by atoms with E-state index in [0.29, 0.717) is 6.61 Å². The molecule has 0 spiro atoms. The van der Waals surface area contributed by atoms with Crippen LogP contribution >= 0.6 is 0 Å². The third-order valence-corrected chi connectivity index (χ3v) is 2.76. The van der Waals surface area contributed by atoms with E-state index in [1.54, 1.807) is 0 Å². The number of benzene rings is 2. The van der Waals surface area contributed by atoms with Crippen LogP contribution in [0, 0.1) is 0 Å². The van der Waals surface area contributed by atoms with Gasteiger partial charge in [-0.25, -0.2) is 0 Å². The van der Waals surface area contributed by atoms with E-state index < -0.39 is 0 Å². The fourth-order valence-corrected chi connectivity index (χ4v) is 1.67. The summed E-state index contributed by atoms with van der Waals surface area (Å²) in [6, 6.07) is 17.1. The van der Waals surface area contributed by atoms with Crippen molar-refractivity contribution in [2.24, 2.45) is 5.73 Å². The number of ether oxygens (including phenoxy) is 1. The second-order valence-electron chi connectivity index (χ2n) is 4.13. The summed E-state index contributed by atoms with van der Waals surface area (Å²) in [5.74, 6) is 0.763. The van der Waals surface area contributed by atoms with Crippen LogP contribution in [0.15, 0.2) is 54.6 Å². The van der Waals surface area contributed by atoms with Crippen LogP contribution in [-0.4, -0.2) is 11.7 Å². The highest BCUT2D eigenvalue weighted by Crippen LogP contribution is 2.15. The van der Waals surface area contributed by atoms with Gasteiger partial charge in [0.2, 0.25) is 0 Å². The van der Waals surface area contributed by atoms with E-state index in [9.17, 15) is 0 Å². The molecule has 94 valence electrons. The van der Waals surface area contributed by atoms with Gasteiger partial charge >= 0.3 is 0 Å². The van der Waals surface area contributed by atoms with Crippen LogP contribution in [0.4, 0.5) is 0 Å². The van der Waals surface area contributed by atoms with Crippen molar-refractivity contribution >= 4 is 0 Å². The van der Waals surface area contributed by atoms with E-state index in [1.807, 2.05) is 54.6 Å². The molecule has 3 heteroatoms. The molecule has 0 aliphatic rings. The monoisotopic (exact) mass is 243 g/mol. The second-order valence-corrected chi connectivity index (χ2v) is 4.13. The van der Waals surface area contributed by atoms with Crippen LogP contribution in [-0.2, 0) is 6.61 Å². The van der Waals surface area contributed by atoms with E-state index >= 15 is 0 Å². The lowest BCUT2D eigenvalue weighted by atomic mass is 10.1. The predicted molar refractivity (Wildman–Crippen MR) is 71.2 cm³/mol. The zero-order valence-electron chi connectivity index (χ0n) is 10.1. The Balaban J connectivity index is 1.91. The maximum absolute atomic E-state index is 8.93. The van der Waals surface area contributed by atoms with E-state index in [-0.39, 0.29) is 12.6 Å². The Morgan fingerprint density at radius 2 is 1.67 bits per heavy atom. The molecule has 3 N–H and O–H groups in total. The van der Waals surface area contributed by atoms with Crippen molar-refractivity contribution in [3.8, 4) is 5.75 Å². The topological polar surface area (TPSA) is 55.5 Å². The minimum atomic E-state index is -0.135. The summed E-state index contributed by atoms with van der Waals surface area (Å²) in [7, 11) is 0. The number of aliphatic hydroxyl groups is 1. The quantitative estimate of drug-likeness (QED) is 0.847. The third kappa shape index (κ3) is 3.32. The molecule has 2 rings (SSSR count). The minimum absolute atomic E-state index is 0.0454. The van der Waals surface area contributed by atoms with Gasteiger partial charge in [0.1, 0.15) is 12.4 Å². The Bertz CT molecular complexity index is 468. The maximum atomic E-state index is 8.93. The Hall–Kier alpha value is -1.84. The molecule has 0 radical (unpaired) electrons. The standard InChI is InChI=1S/C15H17NO2/c16-15(13-4-2-1-3-5-13)11-18-14-8-6-12(10-17)7-9-14/h1-9,15,17H,10-11,16H2. The number of hydrogen-bond donors (Lipinski definition) is 2. The normalized spacial score (nSPS) is 12.1. The fraction of sp³-hybridized carbons (Fsp3) is 0.200. The van der Waals surface area contributed by atoms with Crippen LogP contribution in [0.5, 0.6) is 5.75 Å². The van der Waals surface area contributed by atoms with Gasteiger partial charge in [-0.15, -0.1) is 0 Å². The van der Waals surface area contributed by atoms with Crippen LogP contribution in [0.25, 0.3) is 0 Å². The average Bonchev–Trinajstić information content (AvgIpc) is 2.46. The van der Waals surface area contributed by atoms with Crippen LogP contribution in [0.2, 0.25) is 0 Å². The first-order chi connectivity index (χ1) is 8.79. The Labute approximate surface area is 107 Å². The molecular weight excluding hydrogens is 226 g/mol. The van der Waals surface area contributed by atoms with Crippen molar-refractivity contribution in [1.29, 1.82) is 0 Å². The Morgan fingerprint density at radius 3 is 2.28 bits per heavy atom. The van der Waals surface area contributed by atoms with Crippen molar-refractivity contribution in [2.45, 2.75) is 12.6 Å². The molecule has 18 heavy (non-hydrogen) atoms. The Morgan fingerprint density at radius 1 is 1.00 bits per heavy atom. The summed E-state index contributed by atoms with van der Waals surface area (Å²) in [5.41, 5.74) is 7.96. The molecule has 3 nitrogen and oxygen atoms in total. The number of rotatable bonds is 5. The van der Waals surface area contributed by atoms with Gasteiger partial charge in [-0.2, -0.15) is 0 Å². The first-order valence-electron chi connectivity index (χ1n) is 5.92. The average molecular weight is 243 g/mol. The summed E-state index contributed by atoms with van der Waals surface area (Å²) >= 11 is 0. The summed E-state index contributed by atoms with van der Waals surface area (Å²) in [6.45, 7) is 0.478. The van der Waals surface area contributed by atoms with E-state index in [4.69, 9.17) is 15.6 Å². The molecule has 0 heterocycles. The molecular formula is C15H17NO2. The van der Waals surface area contributed by atoms with Crippen molar-refractivity contribution in [3.05, 3.63) is 65.7 Å². The lowest BCUT2D eigenvalue weighted by Crippen LogP contribution is -2.18. The zero-order chi connectivity index (χ0) is 12.8. The molecule has 2 aromatic carbocycles. The summed E-state index contributed by atoms with van der Waals surface area (Å²) in [5, 5.41) is 8.93. The smallest absolute Gasteiger partial charge is 0.119 e. The van der Waals surface area contributed by atoms with Crippen LogP contribution in [0.1, 0.15) is 17.2 Å². The third-order valence-electron chi connectivity index (χ3n) is 2.76. The van der Waals surface area contributed by atoms with Crippen molar-refractivity contribution < 1.29 is 9.84 Å². The Kier molecular flexibility index (Phi) is 4.34. The molecule has 0 saturated heterocycles. The summed E-state index contributed by atoms with van der Waals surface area (Å²) < 4.78 is 5.62. The zero-order valence-corrected chi connectivity index (χ0v) is 10.1. The first-order valence-corrected chi connectivity index (χ1v) is 5.92. The van der Waals surface area contributed by atoms with Gasteiger partial charge in [-0.1, -0.05) is 42.5 Å². The highest BCUT2D eigenvalue weighted by molar-refractivity contribution is 5.27. The molecule has 1 atom stereocenters. The van der Waals surface area contributed by atoms with Gasteiger partial charge in [-0.3, -0.25) is 0 Å². The SMILES string of the molecule is NC(COc1ccc(CO)cc1)c1ccccc1. The largest absolute Gasteiger partial charge is 0.492 e. The van der Waals surface area contributed by atoms with Gasteiger partial charge in [0.15, 0.2) is 0 Å². The molecule has 1 unspecified atom stereocenters. The van der Waals surface area contributed by atoms with Gasteiger partial charge in [0.05, 0.1) is 12.6 Å². The van der Waals surface area contributed by atoms with Gasteiger partial charge in [0.25, 0.3) is 0 Å². The summed E-state index contributed by atoms with van der Waals surface area (Å²) in [6.07, 6.45) is 0. The van der Waals surface area contributed by atoms with E-state index in [1.165, 1.54) is 0 Å². The van der Waals surface area contributed by atoms with Crippen molar-refractivity contribution in [1.82, 2.24) is 0 Å². The molecule has 0 amide bonds. The highest BCUT2D eigenvalue weighted by Gasteiger charge is 2.05. The lowest BCUT2D eigenvalue weighted by Gasteiger charge is -2.13.